The van der Waals surface area contributed by atoms with Crippen LogP contribution < -0.4 is 0 Å². The van der Waals surface area contributed by atoms with Crippen LogP contribution in [0.25, 0.3) is 11.1 Å². The van der Waals surface area contributed by atoms with Gasteiger partial charge in [-0.3, -0.25) is 4.79 Å². The fraction of sp³-hybridized carbons (Fsp3) is 0.333. The van der Waals surface area contributed by atoms with Gasteiger partial charge in [-0.1, -0.05) is 32.9 Å². The summed E-state index contributed by atoms with van der Waals surface area (Å²) in [7, 11) is 0. The largest absolute Gasteiger partial charge is 0.434 e. The van der Waals surface area contributed by atoms with Crippen LogP contribution in [0.15, 0.2) is 28.7 Å². The van der Waals surface area contributed by atoms with E-state index in [1.54, 1.807) is 0 Å². The summed E-state index contributed by atoms with van der Waals surface area (Å²) in [5.41, 5.74) is 0.927. The third-order valence-corrected chi connectivity index (χ3v) is 2.17. The average Bonchev–Trinajstić information content (AvgIpc) is 2.58. The highest BCUT2D eigenvalue weighted by molar-refractivity contribution is 5.97. The molecule has 3 heteroatoms. The van der Waals surface area contributed by atoms with Crippen molar-refractivity contribution >= 4 is 16.9 Å². The van der Waals surface area contributed by atoms with E-state index in [-0.39, 0.29) is 11.7 Å². The molecule has 78 valence electrons. The molecular formula is C12H13NO2. The predicted octanol–water partition coefficient (Wildman–Crippen LogP) is 3.06. The van der Waals surface area contributed by atoms with E-state index >= 15 is 0 Å². The second-order valence-corrected chi connectivity index (χ2v) is 4.57. The van der Waals surface area contributed by atoms with Gasteiger partial charge in [0.1, 0.15) is 5.52 Å². The van der Waals surface area contributed by atoms with Gasteiger partial charge in [0.15, 0.2) is 5.58 Å². The summed E-state index contributed by atoms with van der Waals surface area (Å²) >= 11 is 0. The number of oxazole rings is 1. The Morgan fingerprint density at radius 1 is 1.27 bits per heavy atom. The van der Waals surface area contributed by atoms with E-state index in [0.717, 1.165) is 5.52 Å². The van der Waals surface area contributed by atoms with Gasteiger partial charge in [0.25, 0.3) is 5.89 Å². The Bertz CT molecular complexity index is 473. The molecule has 2 aromatic rings. The molecule has 0 amide bonds. The van der Waals surface area contributed by atoms with Gasteiger partial charge in [0, 0.05) is 5.41 Å². The molecule has 1 aromatic heterocycles. The van der Waals surface area contributed by atoms with Crippen molar-refractivity contribution in [1.29, 1.82) is 0 Å². The minimum absolute atomic E-state index is 0.0706. The zero-order chi connectivity index (χ0) is 11.1. The van der Waals surface area contributed by atoms with Gasteiger partial charge in [-0.15, -0.1) is 0 Å². The highest BCUT2D eigenvalue weighted by Crippen LogP contribution is 2.23. The van der Waals surface area contributed by atoms with Crippen LogP contribution in [-0.2, 0) is 0 Å². The van der Waals surface area contributed by atoms with Crippen LogP contribution in [-0.4, -0.2) is 10.8 Å². The Kier molecular flexibility index (Phi) is 2.11. The van der Waals surface area contributed by atoms with Crippen molar-refractivity contribution in [2.45, 2.75) is 20.8 Å². The van der Waals surface area contributed by atoms with Gasteiger partial charge in [0.05, 0.1) is 0 Å². The van der Waals surface area contributed by atoms with Crippen molar-refractivity contribution in [2.75, 3.05) is 0 Å². The van der Waals surface area contributed by atoms with Crippen LogP contribution in [0.2, 0.25) is 0 Å². The second kappa shape index (κ2) is 3.19. The maximum atomic E-state index is 11.9. The number of ketones is 1. The van der Waals surface area contributed by atoms with E-state index < -0.39 is 5.41 Å². The van der Waals surface area contributed by atoms with Crippen molar-refractivity contribution in [2.24, 2.45) is 5.41 Å². The first kappa shape index (κ1) is 9.90. The fourth-order valence-corrected chi connectivity index (χ4v) is 1.29. The monoisotopic (exact) mass is 203 g/mol. The lowest BCUT2D eigenvalue weighted by Crippen LogP contribution is -2.20. The smallest absolute Gasteiger partial charge is 0.264 e. The maximum absolute atomic E-state index is 11.9. The van der Waals surface area contributed by atoms with Crippen molar-refractivity contribution in [3.63, 3.8) is 0 Å². The summed E-state index contributed by atoms with van der Waals surface area (Å²) in [6.07, 6.45) is 0. The van der Waals surface area contributed by atoms with E-state index in [2.05, 4.69) is 4.98 Å². The molecule has 0 saturated carbocycles. The van der Waals surface area contributed by atoms with Crippen LogP contribution in [0, 0.1) is 5.41 Å². The average molecular weight is 203 g/mol. The molecule has 2 rings (SSSR count). The molecule has 0 saturated heterocycles. The third kappa shape index (κ3) is 1.77. The topological polar surface area (TPSA) is 43.1 Å². The van der Waals surface area contributed by atoms with E-state index in [4.69, 9.17) is 4.42 Å². The summed E-state index contributed by atoms with van der Waals surface area (Å²) in [4.78, 5) is 16.0. The molecule has 0 unspecified atom stereocenters. The third-order valence-electron chi connectivity index (χ3n) is 2.17. The normalized spacial score (nSPS) is 11.9. The fourth-order valence-electron chi connectivity index (χ4n) is 1.29. The Balaban J connectivity index is 2.50. The zero-order valence-corrected chi connectivity index (χ0v) is 9.07. The van der Waals surface area contributed by atoms with Crippen LogP contribution in [0.3, 0.4) is 0 Å². The van der Waals surface area contributed by atoms with Crippen LogP contribution in [0.5, 0.6) is 0 Å². The first-order chi connectivity index (χ1) is 6.98. The lowest BCUT2D eigenvalue weighted by atomic mass is 9.91. The highest BCUT2D eigenvalue weighted by atomic mass is 16.4. The number of aromatic nitrogens is 1. The standard InChI is InChI=1S/C12H13NO2/c1-12(2,3)10(14)11-13-8-6-4-5-7-9(8)15-11/h4-7H,1-3H3. The number of carbonyl (C=O) groups excluding carboxylic acids is 1. The van der Waals surface area contributed by atoms with E-state index in [9.17, 15) is 4.79 Å². The van der Waals surface area contributed by atoms with E-state index in [1.807, 2.05) is 45.0 Å². The maximum Gasteiger partial charge on any atom is 0.264 e. The highest BCUT2D eigenvalue weighted by Gasteiger charge is 2.27. The number of Topliss-reactive ketones (excluding diaryl/α,β-unsaturated/α-hetero) is 1. The molecule has 0 N–H and O–H groups in total. The predicted molar refractivity (Wildman–Crippen MR) is 57.8 cm³/mol. The minimum atomic E-state index is -0.457. The van der Waals surface area contributed by atoms with Crippen molar-refractivity contribution in [3.05, 3.63) is 30.2 Å². The van der Waals surface area contributed by atoms with Crippen LogP contribution in [0.1, 0.15) is 31.5 Å². The molecule has 0 spiro atoms. The molecule has 0 aliphatic heterocycles. The summed E-state index contributed by atoms with van der Waals surface area (Å²) in [5, 5.41) is 0. The Hall–Kier alpha value is -1.64. The summed E-state index contributed by atoms with van der Waals surface area (Å²) < 4.78 is 5.40. The number of rotatable bonds is 1. The number of hydrogen-bond acceptors (Lipinski definition) is 3. The molecular weight excluding hydrogens is 190 g/mol. The molecule has 0 bridgehead atoms. The van der Waals surface area contributed by atoms with Crippen LogP contribution in [0.4, 0.5) is 0 Å². The lowest BCUT2D eigenvalue weighted by molar-refractivity contribution is 0.0823. The van der Waals surface area contributed by atoms with Gasteiger partial charge in [-0.05, 0) is 12.1 Å². The number of nitrogens with zero attached hydrogens (tertiary/aromatic N) is 1. The SMILES string of the molecule is CC(C)(C)C(=O)c1nc2ccccc2o1. The van der Waals surface area contributed by atoms with Crippen molar-refractivity contribution in [1.82, 2.24) is 4.98 Å². The summed E-state index contributed by atoms with van der Waals surface area (Å²) in [5.74, 6) is 0.127. The second-order valence-electron chi connectivity index (χ2n) is 4.57. The Labute approximate surface area is 88.1 Å². The van der Waals surface area contributed by atoms with Crippen molar-refractivity contribution < 1.29 is 9.21 Å². The first-order valence-electron chi connectivity index (χ1n) is 4.89. The summed E-state index contributed by atoms with van der Waals surface area (Å²) in [6, 6.07) is 7.37. The number of fused-ring (bicyclic) bond motifs is 1. The van der Waals surface area contributed by atoms with Crippen molar-refractivity contribution in [3.8, 4) is 0 Å². The van der Waals surface area contributed by atoms with Gasteiger partial charge < -0.3 is 4.42 Å². The molecule has 0 atom stereocenters. The van der Waals surface area contributed by atoms with Gasteiger partial charge >= 0.3 is 0 Å². The molecule has 0 radical (unpaired) electrons. The first-order valence-corrected chi connectivity index (χ1v) is 4.89. The van der Waals surface area contributed by atoms with Crippen LogP contribution >= 0.6 is 0 Å². The molecule has 0 fully saturated rings. The Morgan fingerprint density at radius 3 is 2.53 bits per heavy atom. The minimum Gasteiger partial charge on any atom is -0.434 e. The zero-order valence-electron chi connectivity index (χ0n) is 9.07. The number of para-hydroxylation sites is 2. The molecule has 0 aliphatic carbocycles. The lowest BCUT2D eigenvalue weighted by Gasteiger charge is -2.12. The number of benzene rings is 1. The Morgan fingerprint density at radius 2 is 1.93 bits per heavy atom. The van der Waals surface area contributed by atoms with Gasteiger partial charge in [-0.2, -0.15) is 0 Å². The van der Waals surface area contributed by atoms with Gasteiger partial charge in [-0.25, -0.2) is 4.98 Å². The summed E-state index contributed by atoms with van der Waals surface area (Å²) in [6.45, 7) is 5.55. The molecule has 0 aliphatic rings. The molecule has 3 nitrogen and oxygen atoms in total. The van der Waals surface area contributed by atoms with E-state index in [0.29, 0.717) is 5.58 Å². The number of hydrogen-bond donors (Lipinski definition) is 0. The number of carbonyl (C=O) groups is 1. The van der Waals surface area contributed by atoms with Gasteiger partial charge in [0.2, 0.25) is 5.78 Å². The quantitative estimate of drug-likeness (QED) is 0.669. The molecule has 1 aromatic carbocycles. The molecule has 1 heterocycles. The molecule has 15 heavy (non-hydrogen) atoms. The van der Waals surface area contributed by atoms with E-state index in [1.165, 1.54) is 0 Å².